The molecule has 4 nitrogen and oxygen atoms in total. The highest BCUT2D eigenvalue weighted by atomic mass is 19.4. The fraction of sp³-hybridized carbons (Fsp3) is 0.333. The maximum Gasteiger partial charge on any atom is 0.416 e. The number of benzene rings is 1. The summed E-state index contributed by atoms with van der Waals surface area (Å²) in [6.07, 6.45) is -3.93. The van der Waals surface area contributed by atoms with Crippen LogP contribution in [0, 0.1) is 6.92 Å². The van der Waals surface area contributed by atoms with E-state index in [9.17, 15) is 23.1 Å². The maximum atomic E-state index is 13.3. The van der Waals surface area contributed by atoms with E-state index < -0.39 is 29.8 Å². The second-order valence-electron chi connectivity index (χ2n) is 6.14. The lowest BCUT2D eigenvalue weighted by atomic mass is 9.97. The summed E-state index contributed by atoms with van der Waals surface area (Å²) in [5, 5.41) is 9.97. The summed E-state index contributed by atoms with van der Waals surface area (Å²) < 4.78 is 40.0. The summed E-state index contributed by atoms with van der Waals surface area (Å²) in [5.41, 5.74) is 0.236. The zero-order valence-electron chi connectivity index (χ0n) is 13.5. The fourth-order valence-corrected chi connectivity index (χ4v) is 3.14. The van der Waals surface area contributed by atoms with Gasteiger partial charge in [0.25, 0.3) is 5.91 Å². The molecule has 1 fully saturated rings. The van der Waals surface area contributed by atoms with Gasteiger partial charge in [0.05, 0.1) is 23.3 Å². The number of β-amino-alcohol motifs (C(OH)–C–C–N with tert-alkyl or cyclic N) is 1. The molecule has 25 heavy (non-hydrogen) atoms. The molecule has 132 valence electrons. The first-order valence-corrected chi connectivity index (χ1v) is 7.85. The molecule has 1 aliphatic heterocycles. The number of nitrogens with zero attached hydrogens (tertiary/aromatic N) is 2. The van der Waals surface area contributed by atoms with Crippen LogP contribution in [0.1, 0.15) is 39.6 Å². The van der Waals surface area contributed by atoms with Crippen molar-refractivity contribution in [3.05, 3.63) is 65.0 Å². The minimum Gasteiger partial charge on any atom is -0.391 e. The Bertz CT molecular complexity index is 775. The van der Waals surface area contributed by atoms with Crippen molar-refractivity contribution in [3.8, 4) is 0 Å². The molecule has 0 unspecified atom stereocenters. The number of likely N-dealkylation sites (tertiary alicyclic amines) is 1. The summed E-state index contributed by atoms with van der Waals surface area (Å²) in [7, 11) is 0. The minimum atomic E-state index is -4.52. The number of aliphatic hydroxyl groups excluding tert-OH is 1. The number of aromatic nitrogens is 1. The standard InChI is InChI=1S/C18H17F3N2O2/c1-11-6-7-12(9-22-11)17(25)23-10-13(24)8-16(23)14-4-2-3-5-15(14)18(19,20)21/h2-7,9,13,16,24H,8,10H2,1H3/t13-,16+/m0/s1. The van der Waals surface area contributed by atoms with E-state index in [-0.39, 0.29) is 24.1 Å². The van der Waals surface area contributed by atoms with Crippen LogP contribution in [-0.4, -0.2) is 33.5 Å². The first-order valence-electron chi connectivity index (χ1n) is 7.85. The molecule has 0 spiro atoms. The second kappa shape index (κ2) is 6.48. The molecule has 0 aliphatic carbocycles. The van der Waals surface area contributed by atoms with Crippen LogP contribution in [0.4, 0.5) is 13.2 Å². The van der Waals surface area contributed by atoms with Gasteiger partial charge in [0, 0.05) is 18.4 Å². The van der Waals surface area contributed by atoms with Crippen molar-refractivity contribution < 1.29 is 23.1 Å². The SMILES string of the molecule is Cc1ccc(C(=O)N2C[C@@H](O)C[C@@H]2c2ccccc2C(F)(F)F)cn1. The average Bonchev–Trinajstić information content (AvgIpc) is 2.96. The van der Waals surface area contributed by atoms with Crippen LogP contribution >= 0.6 is 0 Å². The minimum absolute atomic E-state index is 0.0000270. The molecule has 1 aromatic heterocycles. The van der Waals surface area contributed by atoms with E-state index in [2.05, 4.69) is 4.98 Å². The lowest BCUT2D eigenvalue weighted by Gasteiger charge is -2.27. The van der Waals surface area contributed by atoms with Gasteiger partial charge in [0.2, 0.25) is 0 Å². The number of hydrogen-bond acceptors (Lipinski definition) is 3. The van der Waals surface area contributed by atoms with Crippen LogP contribution in [-0.2, 0) is 6.18 Å². The zero-order chi connectivity index (χ0) is 18.2. The average molecular weight is 350 g/mol. The van der Waals surface area contributed by atoms with Crippen molar-refractivity contribution in [1.82, 2.24) is 9.88 Å². The van der Waals surface area contributed by atoms with E-state index >= 15 is 0 Å². The van der Waals surface area contributed by atoms with E-state index in [1.54, 1.807) is 19.1 Å². The van der Waals surface area contributed by atoms with Gasteiger partial charge in [-0.3, -0.25) is 9.78 Å². The fourth-order valence-electron chi connectivity index (χ4n) is 3.14. The van der Waals surface area contributed by atoms with Crippen LogP contribution in [0.3, 0.4) is 0 Å². The molecule has 2 heterocycles. The van der Waals surface area contributed by atoms with Crippen LogP contribution in [0.25, 0.3) is 0 Å². The van der Waals surface area contributed by atoms with Crippen molar-refractivity contribution >= 4 is 5.91 Å². The predicted molar refractivity (Wildman–Crippen MR) is 84.8 cm³/mol. The molecule has 2 aromatic rings. The Balaban J connectivity index is 1.98. The normalized spacial score (nSPS) is 20.8. The maximum absolute atomic E-state index is 13.3. The van der Waals surface area contributed by atoms with Gasteiger partial charge < -0.3 is 10.0 Å². The molecule has 2 atom stereocenters. The number of carbonyl (C=O) groups is 1. The molecular weight excluding hydrogens is 333 g/mol. The van der Waals surface area contributed by atoms with Gasteiger partial charge in [-0.25, -0.2) is 0 Å². The highest BCUT2D eigenvalue weighted by Gasteiger charge is 2.41. The van der Waals surface area contributed by atoms with Crippen LogP contribution < -0.4 is 0 Å². The molecule has 0 saturated carbocycles. The molecule has 1 saturated heterocycles. The Morgan fingerprint density at radius 1 is 1.24 bits per heavy atom. The summed E-state index contributed by atoms with van der Waals surface area (Å²) in [6.45, 7) is 1.76. The van der Waals surface area contributed by atoms with Crippen LogP contribution in [0.15, 0.2) is 42.6 Å². The van der Waals surface area contributed by atoms with Crippen molar-refractivity contribution in [2.45, 2.75) is 31.7 Å². The number of hydrogen-bond donors (Lipinski definition) is 1. The lowest BCUT2D eigenvalue weighted by Crippen LogP contribution is -2.32. The molecule has 7 heteroatoms. The topological polar surface area (TPSA) is 53.4 Å². The van der Waals surface area contributed by atoms with Gasteiger partial charge in [-0.1, -0.05) is 18.2 Å². The van der Waals surface area contributed by atoms with Crippen LogP contribution in [0.2, 0.25) is 0 Å². The van der Waals surface area contributed by atoms with Gasteiger partial charge in [-0.2, -0.15) is 13.2 Å². The Labute approximate surface area is 142 Å². The highest BCUT2D eigenvalue weighted by molar-refractivity contribution is 5.94. The molecular formula is C18H17F3N2O2. The quantitative estimate of drug-likeness (QED) is 0.904. The van der Waals surface area contributed by atoms with Crippen molar-refractivity contribution in [2.75, 3.05) is 6.54 Å². The van der Waals surface area contributed by atoms with Gasteiger partial charge in [-0.05, 0) is 37.1 Å². The number of amides is 1. The van der Waals surface area contributed by atoms with E-state index in [1.165, 1.54) is 29.3 Å². The molecule has 1 aromatic carbocycles. The molecule has 1 amide bonds. The number of aryl methyl sites for hydroxylation is 1. The third-order valence-corrected chi connectivity index (χ3v) is 4.32. The van der Waals surface area contributed by atoms with Crippen molar-refractivity contribution in [3.63, 3.8) is 0 Å². The van der Waals surface area contributed by atoms with Gasteiger partial charge >= 0.3 is 6.18 Å². The first kappa shape index (κ1) is 17.4. The largest absolute Gasteiger partial charge is 0.416 e. The van der Waals surface area contributed by atoms with E-state index in [4.69, 9.17) is 0 Å². The van der Waals surface area contributed by atoms with Crippen LogP contribution in [0.5, 0.6) is 0 Å². The number of pyridine rings is 1. The highest BCUT2D eigenvalue weighted by Crippen LogP contribution is 2.40. The monoisotopic (exact) mass is 350 g/mol. The summed E-state index contributed by atoms with van der Waals surface area (Å²) in [6, 6.07) is 7.59. The first-order chi connectivity index (χ1) is 11.8. The molecule has 1 aliphatic rings. The Morgan fingerprint density at radius 3 is 2.60 bits per heavy atom. The van der Waals surface area contributed by atoms with Gasteiger partial charge in [0.15, 0.2) is 0 Å². The number of carbonyl (C=O) groups excluding carboxylic acids is 1. The Morgan fingerprint density at radius 2 is 1.96 bits per heavy atom. The molecule has 0 bridgehead atoms. The number of rotatable bonds is 2. The molecule has 3 rings (SSSR count). The summed E-state index contributed by atoms with van der Waals surface area (Å²) in [4.78, 5) is 18.1. The van der Waals surface area contributed by atoms with E-state index in [1.807, 2.05) is 0 Å². The number of alkyl halides is 3. The molecule has 1 N–H and O–H groups in total. The van der Waals surface area contributed by atoms with E-state index in [0.717, 1.165) is 11.8 Å². The third-order valence-electron chi connectivity index (χ3n) is 4.32. The number of aliphatic hydroxyl groups is 1. The van der Waals surface area contributed by atoms with Crippen molar-refractivity contribution in [2.24, 2.45) is 0 Å². The Hall–Kier alpha value is -2.41. The van der Waals surface area contributed by atoms with Gasteiger partial charge in [0.1, 0.15) is 0 Å². The second-order valence-corrected chi connectivity index (χ2v) is 6.14. The number of halogens is 3. The zero-order valence-corrected chi connectivity index (χ0v) is 13.5. The predicted octanol–water partition coefficient (Wildman–Crippen LogP) is 3.36. The smallest absolute Gasteiger partial charge is 0.391 e. The Kier molecular flexibility index (Phi) is 4.51. The third kappa shape index (κ3) is 3.51. The lowest BCUT2D eigenvalue weighted by molar-refractivity contribution is -0.138. The van der Waals surface area contributed by atoms with Gasteiger partial charge in [-0.15, -0.1) is 0 Å². The summed E-state index contributed by atoms with van der Waals surface area (Å²) in [5.74, 6) is -0.439. The molecule has 0 radical (unpaired) electrons. The van der Waals surface area contributed by atoms with Crippen molar-refractivity contribution in [1.29, 1.82) is 0 Å². The summed E-state index contributed by atoms with van der Waals surface area (Å²) >= 11 is 0. The van der Waals surface area contributed by atoms with E-state index in [0.29, 0.717) is 0 Å².